The second-order valence-electron chi connectivity index (χ2n) is 11.8. The summed E-state index contributed by atoms with van der Waals surface area (Å²) in [6.07, 6.45) is 7.23. The topological polar surface area (TPSA) is 84.0 Å². The van der Waals surface area contributed by atoms with Gasteiger partial charge in [-0.3, -0.25) is 11.1 Å². The molecule has 0 aliphatic carbocycles. The first kappa shape index (κ1) is 38.4. The minimum Gasteiger partial charge on any atom is -0.491 e. The van der Waals surface area contributed by atoms with Gasteiger partial charge in [-0.1, -0.05) is 75.6 Å². The lowest BCUT2D eigenvalue weighted by atomic mass is 9.76. The van der Waals surface area contributed by atoms with Crippen LogP contribution in [-0.4, -0.2) is 53.6 Å². The number of nitrogens with one attached hydrogen (secondary N) is 1. The van der Waals surface area contributed by atoms with Crippen LogP contribution in [0, 0.1) is 12.3 Å². The second-order valence-corrected chi connectivity index (χ2v) is 11.8. The van der Waals surface area contributed by atoms with Crippen LogP contribution in [0.1, 0.15) is 76.1 Å². The van der Waals surface area contributed by atoms with Crippen LogP contribution in [-0.2, 0) is 21.3 Å². The van der Waals surface area contributed by atoms with E-state index in [-0.39, 0.29) is 18.0 Å². The first-order valence-electron chi connectivity index (χ1n) is 16.6. The third-order valence-corrected chi connectivity index (χ3v) is 8.21. The van der Waals surface area contributed by atoms with Crippen LogP contribution < -0.4 is 20.3 Å². The van der Waals surface area contributed by atoms with Gasteiger partial charge in [0.2, 0.25) is 5.90 Å². The molecule has 1 atom stereocenters. The maximum atomic E-state index is 7.47. The Hall–Kier alpha value is -3.81. The number of ether oxygens (including phenoxy) is 3. The number of anilines is 2. The largest absolute Gasteiger partial charge is 0.491 e. The molecule has 1 aliphatic heterocycles. The molecule has 0 saturated carbocycles. The zero-order chi connectivity index (χ0) is 34.1. The number of rotatable bonds is 12. The smallest absolute Gasteiger partial charge is 0.214 e. The lowest BCUT2D eigenvalue weighted by molar-refractivity contribution is 0.145. The van der Waals surface area contributed by atoms with Crippen molar-refractivity contribution >= 4 is 17.3 Å². The predicted molar refractivity (Wildman–Crippen MR) is 196 cm³/mol. The van der Waals surface area contributed by atoms with E-state index in [4.69, 9.17) is 25.4 Å². The average molecular weight is 631 g/mol. The van der Waals surface area contributed by atoms with Gasteiger partial charge in [0.1, 0.15) is 19.1 Å². The molecule has 0 saturated heterocycles. The van der Waals surface area contributed by atoms with E-state index in [0.717, 1.165) is 29.8 Å². The summed E-state index contributed by atoms with van der Waals surface area (Å²) in [5.74, 6) is 1.08. The van der Waals surface area contributed by atoms with Gasteiger partial charge < -0.3 is 24.0 Å². The van der Waals surface area contributed by atoms with Crippen molar-refractivity contribution in [2.75, 3.05) is 57.5 Å². The Morgan fingerprint density at radius 2 is 1.65 bits per heavy atom. The molecule has 0 radical (unpaired) electrons. The quantitative estimate of drug-likeness (QED) is 0.0904. The second kappa shape index (κ2) is 19.6. The number of methoxy groups -OCH3 is 1. The standard InChI is InChI=1S/C25H34N2O2.C9H12N2O.C5H12/c1-7-24-25(3,18-19-11-9-10-12-23(19)29-16-15-28-6)21-17-20(26(4)5)13-14-22(21)27(24)8-2;1-7-4-2-3-5-8(7)9(11)12-6-10;1-3-5-4-2/h7,9-14,17H,8,15-16,18H2,1-6H3;2-5,11H,6,10H2,1H3;3-5H2,1-2H3/b24-7-;;. The van der Waals surface area contributed by atoms with E-state index in [0.29, 0.717) is 13.2 Å². The molecule has 7 nitrogen and oxygen atoms in total. The van der Waals surface area contributed by atoms with Crippen LogP contribution in [0.2, 0.25) is 0 Å². The fraction of sp³-hybridized carbons (Fsp3) is 0.462. The highest BCUT2D eigenvalue weighted by Crippen LogP contribution is 2.51. The Morgan fingerprint density at radius 3 is 2.22 bits per heavy atom. The molecule has 252 valence electrons. The number of hydrogen-bond acceptors (Lipinski definition) is 7. The molecule has 1 aliphatic rings. The van der Waals surface area contributed by atoms with Crippen molar-refractivity contribution in [1.82, 2.24) is 0 Å². The number of unbranched alkanes of at least 4 members (excludes halogenated alkanes) is 2. The van der Waals surface area contributed by atoms with Gasteiger partial charge in [0, 0.05) is 55.8 Å². The van der Waals surface area contributed by atoms with Gasteiger partial charge in [0.25, 0.3) is 0 Å². The molecule has 3 aromatic rings. The van der Waals surface area contributed by atoms with Crippen molar-refractivity contribution in [3.8, 4) is 5.75 Å². The first-order valence-corrected chi connectivity index (χ1v) is 16.6. The molecule has 3 N–H and O–H groups in total. The Morgan fingerprint density at radius 1 is 0.978 bits per heavy atom. The van der Waals surface area contributed by atoms with Crippen LogP contribution in [0.15, 0.2) is 78.5 Å². The van der Waals surface area contributed by atoms with E-state index < -0.39 is 0 Å². The normalized spacial score (nSPS) is 15.7. The predicted octanol–water partition coefficient (Wildman–Crippen LogP) is 8.47. The summed E-state index contributed by atoms with van der Waals surface area (Å²) in [7, 11) is 5.90. The van der Waals surface area contributed by atoms with Gasteiger partial charge in [-0.25, -0.2) is 0 Å². The maximum absolute atomic E-state index is 7.47. The summed E-state index contributed by atoms with van der Waals surface area (Å²) >= 11 is 0. The van der Waals surface area contributed by atoms with E-state index in [2.05, 4.69) is 101 Å². The number of nitrogens with two attached hydrogens (primary N) is 1. The van der Waals surface area contributed by atoms with E-state index in [9.17, 15) is 0 Å². The van der Waals surface area contributed by atoms with Crippen molar-refractivity contribution in [2.24, 2.45) is 5.73 Å². The van der Waals surface area contributed by atoms with Crippen molar-refractivity contribution in [3.05, 3.63) is 101 Å². The summed E-state index contributed by atoms with van der Waals surface area (Å²) in [6, 6.07) is 22.8. The molecule has 1 unspecified atom stereocenters. The molecule has 0 bridgehead atoms. The van der Waals surface area contributed by atoms with Crippen LogP contribution in [0.25, 0.3) is 0 Å². The van der Waals surface area contributed by atoms with Gasteiger partial charge in [-0.15, -0.1) is 0 Å². The monoisotopic (exact) mass is 630 g/mol. The molecule has 1 heterocycles. The number of benzene rings is 3. The van der Waals surface area contributed by atoms with Gasteiger partial charge in [-0.05, 0) is 81.1 Å². The number of hydrogen-bond donors (Lipinski definition) is 2. The summed E-state index contributed by atoms with van der Waals surface area (Å²) in [4.78, 5) is 4.62. The van der Waals surface area contributed by atoms with Gasteiger partial charge >= 0.3 is 0 Å². The van der Waals surface area contributed by atoms with Crippen LogP contribution in [0.3, 0.4) is 0 Å². The minimum absolute atomic E-state index is 0.0488. The molecule has 7 heteroatoms. The molecular weight excluding hydrogens is 572 g/mol. The fourth-order valence-electron chi connectivity index (χ4n) is 5.79. The Kier molecular flexibility index (Phi) is 16.4. The lowest BCUT2D eigenvalue weighted by Crippen LogP contribution is -2.30. The molecule has 0 fully saturated rings. The molecule has 46 heavy (non-hydrogen) atoms. The van der Waals surface area contributed by atoms with Crippen molar-refractivity contribution in [3.63, 3.8) is 0 Å². The van der Waals surface area contributed by atoms with Crippen molar-refractivity contribution in [1.29, 1.82) is 5.41 Å². The average Bonchev–Trinajstić information content (AvgIpc) is 3.29. The summed E-state index contributed by atoms with van der Waals surface area (Å²) < 4.78 is 16.1. The van der Waals surface area contributed by atoms with E-state index in [1.807, 2.05) is 37.3 Å². The Bertz CT molecular complexity index is 1390. The highest BCUT2D eigenvalue weighted by Gasteiger charge is 2.43. The number of aryl methyl sites for hydroxylation is 1. The molecule has 4 rings (SSSR count). The summed E-state index contributed by atoms with van der Waals surface area (Å²) in [5, 5.41) is 7.47. The van der Waals surface area contributed by atoms with Crippen molar-refractivity contribution in [2.45, 2.75) is 72.6 Å². The van der Waals surface area contributed by atoms with Crippen molar-refractivity contribution < 1.29 is 14.2 Å². The highest BCUT2D eigenvalue weighted by molar-refractivity contribution is 5.93. The molecule has 3 aromatic carbocycles. The van der Waals surface area contributed by atoms with Gasteiger partial charge in [0.05, 0.1) is 6.61 Å². The summed E-state index contributed by atoms with van der Waals surface area (Å²) in [6.45, 7) is 15.2. The Labute approximate surface area is 278 Å². The maximum Gasteiger partial charge on any atom is 0.214 e. The molecular formula is C39H58N4O3. The van der Waals surface area contributed by atoms with Crippen LogP contribution in [0.4, 0.5) is 11.4 Å². The van der Waals surface area contributed by atoms with E-state index >= 15 is 0 Å². The zero-order valence-corrected chi connectivity index (χ0v) is 29.8. The number of allylic oxidation sites excluding steroid dienone is 2. The number of fused-ring (bicyclic) bond motifs is 1. The van der Waals surface area contributed by atoms with Gasteiger partial charge in [-0.2, -0.15) is 0 Å². The number of likely N-dealkylation sites (N-methyl/N-ethyl adjacent to an activating group) is 1. The SMILES string of the molecule is C/C=C1\N(CC)c2ccc(N(C)C)cc2C1(C)Cc1ccccc1OCCOC.CCCCC.Cc1ccccc1C(=N)OCN. The summed E-state index contributed by atoms with van der Waals surface area (Å²) in [5.41, 5.74) is 13.4. The van der Waals surface area contributed by atoms with Crippen LogP contribution >= 0.6 is 0 Å². The Balaban J connectivity index is 0.000000356. The third-order valence-electron chi connectivity index (χ3n) is 8.21. The van der Waals surface area contributed by atoms with E-state index in [1.54, 1.807) is 7.11 Å². The van der Waals surface area contributed by atoms with Crippen LogP contribution in [0.5, 0.6) is 5.75 Å². The molecule has 0 aromatic heterocycles. The highest BCUT2D eigenvalue weighted by atomic mass is 16.5. The lowest BCUT2D eigenvalue weighted by Gasteiger charge is -2.31. The minimum atomic E-state index is -0.118. The molecule has 0 amide bonds. The number of para-hydroxylation sites is 1. The number of nitrogens with zero attached hydrogens (tertiary/aromatic N) is 2. The third kappa shape index (κ3) is 10.1. The zero-order valence-electron chi connectivity index (χ0n) is 29.8. The molecule has 0 spiro atoms. The van der Waals surface area contributed by atoms with E-state index in [1.165, 1.54) is 47.5 Å². The first-order chi connectivity index (χ1) is 22.1. The fourth-order valence-corrected chi connectivity index (χ4v) is 5.79. The van der Waals surface area contributed by atoms with Gasteiger partial charge in [0.15, 0.2) is 0 Å².